The molecule has 2 N–H and O–H groups in total. The summed E-state index contributed by atoms with van der Waals surface area (Å²) in [6.45, 7) is 13.8. The van der Waals surface area contributed by atoms with Crippen molar-refractivity contribution < 1.29 is 19.5 Å². The molecule has 0 saturated heterocycles. The first kappa shape index (κ1) is 23.5. The Morgan fingerprint density at radius 1 is 1.00 bits per heavy atom. The van der Waals surface area contributed by atoms with Crippen molar-refractivity contribution in [3.63, 3.8) is 0 Å². The van der Waals surface area contributed by atoms with Gasteiger partial charge in [0.1, 0.15) is 13.8 Å². The third kappa shape index (κ3) is 4.87. The summed E-state index contributed by atoms with van der Waals surface area (Å²) in [4.78, 5) is 0. The Morgan fingerprint density at radius 2 is 1.62 bits per heavy atom. The Morgan fingerprint density at radius 3 is 2.14 bits per heavy atom. The van der Waals surface area contributed by atoms with Gasteiger partial charge in [0.25, 0.3) is 0 Å². The van der Waals surface area contributed by atoms with Crippen LogP contribution in [0.3, 0.4) is 0 Å². The topological polar surface area (TPSA) is 58.9 Å². The molecule has 2 rings (SSSR count). The van der Waals surface area contributed by atoms with E-state index in [1.54, 1.807) is 13.2 Å². The zero-order valence-electron chi connectivity index (χ0n) is 18.6. The largest absolute Gasteiger partial charge is 0.489 e. The maximum atomic E-state index is 10.0. The van der Waals surface area contributed by atoms with Crippen molar-refractivity contribution in [2.24, 2.45) is 0 Å². The summed E-state index contributed by atoms with van der Waals surface area (Å²) in [5.74, 6) is 3.98. The third-order valence-electron chi connectivity index (χ3n) is 5.88. The molecule has 2 aromatic rings. The first-order chi connectivity index (χ1) is 13.6. The minimum absolute atomic E-state index is 0.0945. The van der Waals surface area contributed by atoms with Gasteiger partial charge in [-0.2, -0.15) is 0 Å². The van der Waals surface area contributed by atoms with Crippen LogP contribution in [0, 0.1) is 11.5 Å². The molecule has 0 unspecified atom stereocenters. The maximum absolute atomic E-state index is 10.0. The summed E-state index contributed by atoms with van der Waals surface area (Å²) >= 11 is 0. The van der Waals surface area contributed by atoms with Crippen molar-refractivity contribution >= 4 is 31.4 Å². The smallest absolute Gasteiger partial charge is 0.468 e. The van der Waals surface area contributed by atoms with Gasteiger partial charge in [-0.15, -0.1) is 5.54 Å². The Kier molecular flexibility index (Phi) is 7.95. The van der Waals surface area contributed by atoms with Crippen LogP contribution in [-0.4, -0.2) is 39.1 Å². The number of benzene rings is 2. The lowest BCUT2D eigenvalue weighted by molar-refractivity contribution is 0.0513. The molecule has 29 heavy (non-hydrogen) atoms. The van der Waals surface area contributed by atoms with E-state index in [0.29, 0.717) is 27.8 Å². The molecule has 4 nitrogen and oxygen atoms in total. The van der Waals surface area contributed by atoms with E-state index in [4.69, 9.17) is 9.47 Å². The lowest BCUT2D eigenvalue weighted by Crippen LogP contribution is -2.43. The van der Waals surface area contributed by atoms with Crippen molar-refractivity contribution in [3.05, 3.63) is 35.9 Å². The van der Waals surface area contributed by atoms with E-state index >= 15 is 0 Å². The number of hydrogen-bond acceptors (Lipinski definition) is 4. The number of hydrogen-bond donors (Lipinski definition) is 2. The molecule has 0 spiro atoms. The van der Waals surface area contributed by atoms with Crippen LogP contribution in [-0.2, 0) is 4.74 Å². The van der Waals surface area contributed by atoms with Gasteiger partial charge >= 0.3 is 7.12 Å². The predicted octanol–water partition coefficient (Wildman–Crippen LogP) is 4.07. The molecule has 0 aliphatic rings. The molecule has 0 heterocycles. The van der Waals surface area contributed by atoms with Gasteiger partial charge < -0.3 is 19.5 Å². The van der Waals surface area contributed by atoms with Gasteiger partial charge in [0.2, 0.25) is 0 Å². The van der Waals surface area contributed by atoms with E-state index in [-0.39, 0.29) is 6.79 Å². The van der Waals surface area contributed by atoms with Crippen molar-refractivity contribution in [1.82, 2.24) is 0 Å². The Labute approximate surface area is 176 Å². The van der Waals surface area contributed by atoms with Crippen LogP contribution in [0.2, 0.25) is 16.6 Å². The Bertz CT molecular complexity index is 875. The number of fused-ring (bicyclic) bond motifs is 1. The normalized spacial score (nSPS) is 11.9. The Hall–Kier alpha value is -1.78. The molecule has 0 aliphatic carbocycles. The summed E-state index contributed by atoms with van der Waals surface area (Å²) in [5.41, 5.74) is 6.53. The van der Waals surface area contributed by atoms with E-state index in [1.807, 2.05) is 24.3 Å². The highest BCUT2D eigenvalue weighted by Crippen LogP contribution is 2.40. The Balaban J connectivity index is 2.71. The van der Waals surface area contributed by atoms with E-state index in [0.717, 1.165) is 16.3 Å². The second kappa shape index (κ2) is 9.82. The van der Waals surface area contributed by atoms with Crippen LogP contribution in [0.15, 0.2) is 30.3 Å². The average Bonchev–Trinajstić information content (AvgIpc) is 2.65. The monoisotopic (exact) mass is 412 g/mol. The molecule has 0 amide bonds. The standard InChI is InChI=1S/C23H33BO4Si/c1-16(2)29(17(3)4,18(5)6)12-11-19-9-8-10-20-13-21(28-15-27-7)14-22(23(19)20)24(25)26/h8-10,13-14,16-18,25-26H,15H2,1-7H3. The van der Waals surface area contributed by atoms with E-state index in [2.05, 4.69) is 53.0 Å². The first-order valence-corrected chi connectivity index (χ1v) is 12.5. The van der Waals surface area contributed by atoms with Crippen LogP contribution in [0.25, 0.3) is 10.8 Å². The second-order valence-electron chi connectivity index (χ2n) is 8.49. The molecule has 2 aromatic carbocycles. The quantitative estimate of drug-likeness (QED) is 0.409. The van der Waals surface area contributed by atoms with Crippen LogP contribution in [0.1, 0.15) is 47.1 Å². The van der Waals surface area contributed by atoms with Gasteiger partial charge in [0.15, 0.2) is 6.79 Å². The molecule has 0 aromatic heterocycles. The lowest BCUT2D eigenvalue weighted by atomic mass is 9.76. The van der Waals surface area contributed by atoms with Gasteiger partial charge in [-0.3, -0.25) is 0 Å². The fraction of sp³-hybridized carbons (Fsp3) is 0.478. The summed E-state index contributed by atoms with van der Waals surface area (Å²) in [5, 5.41) is 21.7. The van der Waals surface area contributed by atoms with E-state index in [9.17, 15) is 10.0 Å². The van der Waals surface area contributed by atoms with Crippen molar-refractivity contribution in [2.75, 3.05) is 13.9 Å². The molecule has 0 radical (unpaired) electrons. The molecular formula is C23H33BO4Si. The molecule has 0 fully saturated rings. The summed E-state index contributed by atoms with van der Waals surface area (Å²) in [6, 6.07) is 9.36. The van der Waals surface area contributed by atoms with Crippen LogP contribution in [0.4, 0.5) is 0 Å². The van der Waals surface area contributed by atoms with Crippen LogP contribution < -0.4 is 10.2 Å². The summed E-state index contributed by atoms with van der Waals surface area (Å²) < 4.78 is 10.5. The van der Waals surface area contributed by atoms with Gasteiger partial charge in [-0.25, -0.2) is 0 Å². The molecular weight excluding hydrogens is 379 g/mol. The second-order valence-corrected chi connectivity index (χ2v) is 14.1. The molecule has 0 aliphatic heterocycles. The summed E-state index contributed by atoms with van der Waals surface area (Å²) in [7, 11) is -1.97. The van der Waals surface area contributed by atoms with Crippen molar-refractivity contribution in [1.29, 1.82) is 0 Å². The minimum Gasteiger partial charge on any atom is -0.468 e. The van der Waals surface area contributed by atoms with Crippen molar-refractivity contribution in [2.45, 2.75) is 58.2 Å². The fourth-order valence-electron chi connectivity index (χ4n) is 4.56. The zero-order valence-corrected chi connectivity index (χ0v) is 19.6. The molecule has 0 atom stereocenters. The molecule has 6 heteroatoms. The SMILES string of the molecule is COCOc1cc(B(O)O)c2c(C#C[Si](C(C)C)(C(C)C)C(C)C)cccc2c1. The molecule has 156 valence electrons. The van der Waals surface area contributed by atoms with Crippen LogP contribution >= 0.6 is 0 Å². The highest BCUT2D eigenvalue weighted by molar-refractivity contribution is 6.90. The van der Waals surface area contributed by atoms with Gasteiger partial charge in [-0.05, 0) is 51.1 Å². The first-order valence-electron chi connectivity index (χ1n) is 10.2. The fourth-order valence-corrected chi connectivity index (χ4v) is 9.78. The highest BCUT2D eigenvalue weighted by Gasteiger charge is 2.41. The third-order valence-corrected chi connectivity index (χ3v) is 12.2. The summed E-state index contributed by atoms with van der Waals surface area (Å²) in [6.07, 6.45) is 0. The van der Waals surface area contributed by atoms with Gasteiger partial charge in [-0.1, -0.05) is 59.6 Å². The average molecular weight is 412 g/mol. The predicted molar refractivity (Wildman–Crippen MR) is 124 cm³/mol. The van der Waals surface area contributed by atoms with Crippen molar-refractivity contribution in [3.8, 4) is 17.2 Å². The maximum Gasteiger partial charge on any atom is 0.489 e. The van der Waals surface area contributed by atoms with Gasteiger partial charge in [0.05, 0.1) is 0 Å². The van der Waals surface area contributed by atoms with Gasteiger partial charge in [0, 0.05) is 12.7 Å². The number of methoxy groups -OCH3 is 1. The number of ether oxygens (including phenoxy) is 2. The lowest BCUT2D eigenvalue weighted by Gasteiger charge is -2.38. The number of rotatable bonds is 7. The zero-order chi connectivity index (χ0) is 21.8. The highest BCUT2D eigenvalue weighted by atomic mass is 28.3. The minimum atomic E-state index is -1.90. The van der Waals surface area contributed by atoms with E-state index < -0.39 is 15.2 Å². The molecule has 0 bridgehead atoms. The van der Waals surface area contributed by atoms with Crippen LogP contribution in [0.5, 0.6) is 5.75 Å². The van der Waals surface area contributed by atoms with E-state index in [1.165, 1.54) is 0 Å². The molecule has 0 saturated carbocycles.